The van der Waals surface area contributed by atoms with Gasteiger partial charge < -0.3 is 14.2 Å². The van der Waals surface area contributed by atoms with E-state index in [1.807, 2.05) is 12.1 Å². The van der Waals surface area contributed by atoms with Gasteiger partial charge in [-0.1, -0.05) is 20.4 Å². The number of benzene rings is 1. The Morgan fingerprint density at radius 3 is 2.00 bits per heavy atom. The quantitative estimate of drug-likeness (QED) is 0.274. The summed E-state index contributed by atoms with van der Waals surface area (Å²) < 4.78 is 18.1. The third-order valence-electron chi connectivity index (χ3n) is 6.61. The number of carbonyl (C=O) groups is 1. The minimum Gasteiger partial charge on any atom is -0.465 e. The van der Waals surface area contributed by atoms with Crippen LogP contribution in [0.15, 0.2) is 36.4 Å². The number of hydrogen-bond acceptors (Lipinski definition) is 4. The van der Waals surface area contributed by atoms with E-state index in [2.05, 4.69) is 20.4 Å². The van der Waals surface area contributed by atoms with E-state index in [9.17, 15) is 4.79 Å². The van der Waals surface area contributed by atoms with Gasteiger partial charge in [0.25, 0.3) is 0 Å². The first-order valence-corrected chi connectivity index (χ1v) is 10.7. The molecule has 1 atom stereocenters. The van der Waals surface area contributed by atoms with Crippen LogP contribution in [0.4, 0.5) is 0 Å². The van der Waals surface area contributed by atoms with E-state index in [0.29, 0.717) is 29.3 Å². The standard InChI is InChI=1S/C24H32O4/c1-14(2)23(25)26-20-5-7-21(8-6-20)27-24(15(3)4)28-22-18-10-16-9-17(12-18)13-19(22)11-16/h5-8,15-19,22,24H,1,9-13H2,2-4H3. The van der Waals surface area contributed by atoms with Crippen molar-refractivity contribution >= 4 is 5.97 Å². The first-order valence-electron chi connectivity index (χ1n) is 10.7. The van der Waals surface area contributed by atoms with Crippen LogP contribution in [0.1, 0.15) is 52.9 Å². The molecule has 0 heterocycles. The molecule has 28 heavy (non-hydrogen) atoms. The third kappa shape index (κ3) is 4.12. The first kappa shape index (κ1) is 19.5. The van der Waals surface area contributed by atoms with E-state index in [-0.39, 0.29) is 12.2 Å². The first-order chi connectivity index (χ1) is 13.4. The molecular formula is C24H32O4. The predicted octanol–water partition coefficient (Wildman–Crippen LogP) is 5.37. The number of esters is 1. The molecule has 4 aliphatic rings. The van der Waals surface area contributed by atoms with Crippen LogP contribution >= 0.6 is 0 Å². The molecule has 0 aliphatic heterocycles. The Labute approximate surface area is 168 Å². The Morgan fingerprint density at radius 2 is 1.50 bits per heavy atom. The van der Waals surface area contributed by atoms with E-state index < -0.39 is 5.97 Å². The number of rotatable bonds is 7. The molecule has 1 aromatic rings. The van der Waals surface area contributed by atoms with Crippen molar-refractivity contribution in [2.45, 2.75) is 65.3 Å². The molecule has 1 aromatic carbocycles. The van der Waals surface area contributed by atoms with Crippen LogP contribution in [0.3, 0.4) is 0 Å². The monoisotopic (exact) mass is 384 g/mol. The molecule has 0 aromatic heterocycles. The lowest BCUT2D eigenvalue weighted by atomic mass is 9.55. The van der Waals surface area contributed by atoms with Crippen LogP contribution in [0.25, 0.3) is 0 Å². The summed E-state index contributed by atoms with van der Waals surface area (Å²) in [6.45, 7) is 9.52. The summed E-state index contributed by atoms with van der Waals surface area (Å²) in [5.74, 6) is 4.37. The summed E-state index contributed by atoms with van der Waals surface area (Å²) >= 11 is 0. The minimum atomic E-state index is -0.418. The second-order valence-electron chi connectivity index (χ2n) is 9.40. The van der Waals surface area contributed by atoms with Gasteiger partial charge in [0.05, 0.1) is 6.10 Å². The molecular weight excluding hydrogens is 352 g/mol. The zero-order valence-corrected chi connectivity index (χ0v) is 17.2. The molecule has 4 nitrogen and oxygen atoms in total. The topological polar surface area (TPSA) is 44.8 Å². The molecule has 0 amide bonds. The van der Waals surface area contributed by atoms with Crippen molar-refractivity contribution in [3.63, 3.8) is 0 Å². The van der Waals surface area contributed by atoms with Crippen molar-refractivity contribution in [1.82, 2.24) is 0 Å². The van der Waals surface area contributed by atoms with Gasteiger partial charge in [0.1, 0.15) is 11.5 Å². The maximum atomic E-state index is 11.6. The zero-order chi connectivity index (χ0) is 19.8. The van der Waals surface area contributed by atoms with Crippen molar-refractivity contribution < 1.29 is 19.0 Å². The SMILES string of the molecule is C=C(C)C(=O)Oc1ccc(OC(OC2C3CC4CC(C3)CC2C4)C(C)C)cc1. The lowest BCUT2D eigenvalue weighted by Crippen LogP contribution is -2.51. The molecule has 4 aliphatic carbocycles. The van der Waals surface area contributed by atoms with Gasteiger partial charge >= 0.3 is 5.97 Å². The Morgan fingerprint density at radius 1 is 0.964 bits per heavy atom. The second kappa shape index (κ2) is 7.90. The summed E-state index contributed by atoms with van der Waals surface area (Å²) in [5.41, 5.74) is 0.379. The smallest absolute Gasteiger partial charge is 0.338 e. The third-order valence-corrected chi connectivity index (χ3v) is 6.61. The van der Waals surface area contributed by atoms with E-state index in [1.165, 1.54) is 32.1 Å². The van der Waals surface area contributed by atoms with Gasteiger partial charge in [0.15, 0.2) is 0 Å². The average Bonchev–Trinajstić information content (AvgIpc) is 2.64. The van der Waals surface area contributed by atoms with Gasteiger partial charge in [0.2, 0.25) is 6.29 Å². The minimum absolute atomic E-state index is 0.258. The number of ether oxygens (including phenoxy) is 3. The Hall–Kier alpha value is -1.81. The summed E-state index contributed by atoms with van der Waals surface area (Å²) in [5, 5.41) is 0. The van der Waals surface area contributed by atoms with Gasteiger partial charge in [-0.25, -0.2) is 4.79 Å². The fourth-order valence-corrected chi connectivity index (χ4v) is 5.49. The van der Waals surface area contributed by atoms with Crippen LogP contribution in [0, 0.1) is 29.6 Å². The lowest BCUT2D eigenvalue weighted by Gasteiger charge is -2.54. The summed E-state index contributed by atoms with van der Waals surface area (Å²) in [6.07, 6.45) is 6.89. The van der Waals surface area contributed by atoms with Crippen LogP contribution < -0.4 is 9.47 Å². The Kier molecular flexibility index (Phi) is 5.50. The number of hydrogen-bond donors (Lipinski definition) is 0. The predicted molar refractivity (Wildman–Crippen MR) is 108 cm³/mol. The average molecular weight is 385 g/mol. The van der Waals surface area contributed by atoms with E-state index in [4.69, 9.17) is 14.2 Å². The largest absolute Gasteiger partial charge is 0.465 e. The summed E-state index contributed by atoms with van der Waals surface area (Å²) in [4.78, 5) is 11.6. The fraction of sp³-hybridized carbons (Fsp3) is 0.625. The highest BCUT2D eigenvalue weighted by molar-refractivity contribution is 5.88. The Bertz CT molecular complexity index is 693. The van der Waals surface area contributed by atoms with Gasteiger partial charge in [0, 0.05) is 11.5 Å². The highest BCUT2D eigenvalue weighted by Gasteiger charge is 2.49. The molecule has 4 bridgehead atoms. The van der Waals surface area contributed by atoms with Gasteiger partial charge in [-0.05, 0) is 87.0 Å². The maximum Gasteiger partial charge on any atom is 0.338 e. The van der Waals surface area contributed by atoms with E-state index >= 15 is 0 Å². The van der Waals surface area contributed by atoms with Crippen molar-refractivity contribution in [2.24, 2.45) is 29.6 Å². The van der Waals surface area contributed by atoms with E-state index in [0.717, 1.165) is 17.6 Å². The molecule has 4 saturated carbocycles. The molecule has 0 saturated heterocycles. The van der Waals surface area contributed by atoms with E-state index in [1.54, 1.807) is 19.1 Å². The highest BCUT2D eigenvalue weighted by Crippen LogP contribution is 2.55. The normalized spacial score (nSPS) is 31.6. The summed E-state index contributed by atoms with van der Waals surface area (Å²) in [6, 6.07) is 7.15. The maximum absolute atomic E-state index is 11.6. The van der Waals surface area contributed by atoms with Crippen LogP contribution in [-0.4, -0.2) is 18.4 Å². The van der Waals surface area contributed by atoms with Crippen molar-refractivity contribution in [1.29, 1.82) is 0 Å². The van der Waals surface area contributed by atoms with Crippen molar-refractivity contribution in [3.05, 3.63) is 36.4 Å². The molecule has 0 spiro atoms. The highest BCUT2D eigenvalue weighted by atomic mass is 16.7. The molecule has 5 rings (SSSR count). The number of carbonyl (C=O) groups excluding carboxylic acids is 1. The van der Waals surface area contributed by atoms with Crippen LogP contribution in [0.5, 0.6) is 11.5 Å². The molecule has 4 fully saturated rings. The van der Waals surface area contributed by atoms with Crippen LogP contribution in [-0.2, 0) is 9.53 Å². The molecule has 152 valence electrons. The van der Waals surface area contributed by atoms with Gasteiger partial charge in [-0.15, -0.1) is 0 Å². The molecule has 0 N–H and O–H groups in total. The summed E-state index contributed by atoms with van der Waals surface area (Å²) in [7, 11) is 0. The van der Waals surface area contributed by atoms with Gasteiger partial charge in [-0.2, -0.15) is 0 Å². The lowest BCUT2D eigenvalue weighted by molar-refractivity contribution is -0.210. The van der Waals surface area contributed by atoms with Crippen LogP contribution in [0.2, 0.25) is 0 Å². The molecule has 1 unspecified atom stereocenters. The van der Waals surface area contributed by atoms with Crippen molar-refractivity contribution in [3.8, 4) is 11.5 Å². The second-order valence-corrected chi connectivity index (χ2v) is 9.40. The molecule has 0 radical (unpaired) electrons. The van der Waals surface area contributed by atoms with Crippen molar-refractivity contribution in [2.75, 3.05) is 0 Å². The fourth-order valence-electron chi connectivity index (χ4n) is 5.49. The van der Waals surface area contributed by atoms with Gasteiger partial charge in [-0.3, -0.25) is 0 Å². The zero-order valence-electron chi connectivity index (χ0n) is 17.2. The Balaban J connectivity index is 1.39. The molecule has 4 heteroatoms.